The Kier molecular flexibility index (Phi) is 4.86. The Morgan fingerprint density at radius 3 is 2.87 bits per heavy atom. The van der Waals surface area contributed by atoms with E-state index < -0.39 is 5.97 Å². The largest absolute Gasteiger partial charge is 0.475 e. The molecule has 0 saturated heterocycles. The van der Waals surface area contributed by atoms with Crippen LogP contribution in [0, 0.1) is 0 Å². The van der Waals surface area contributed by atoms with Gasteiger partial charge in [-0.05, 0) is 13.0 Å². The molecule has 0 amide bonds. The van der Waals surface area contributed by atoms with E-state index in [-0.39, 0.29) is 12.4 Å². The van der Waals surface area contributed by atoms with E-state index in [9.17, 15) is 4.79 Å². The Morgan fingerprint density at radius 2 is 2.20 bits per heavy atom. The molecule has 0 atom stereocenters. The highest BCUT2D eigenvalue weighted by Crippen LogP contribution is 2.11. The van der Waals surface area contributed by atoms with Gasteiger partial charge in [0.05, 0.1) is 26.1 Å². The molecule has 0 bridgehead atoms. The molecule has 0 aliphatic carbocycles. The Morgan fingerprint density at radius 1 is 1.47 bits per heavy atom. The minimum atomic E-state index is -1.08. The van der Waals surface area contributed by atoms with E-state index in [2.05, 4.69) is 0 Å². The van der Waals surface area contributed by atoms with Crippen molar-refractivity contribution in [1.82, 2.24) is 0 Å². The highest BCUT2D eigenvalue weighted by molar-refractivity contribution is 5.85. The topological polar surface area (TPSA) is 68.9 Å². The van der Waals surface area contributed by atoms with Crippen LogP contribution in [0.15, 0.2) is 16.7 Å². The summed E-state index contributed by atoms with van der Waals surface area (Å²) < 4.78 is 15.1. The zero-order valence-corrected chi connectivity index (χ0v) is 8.56. The fourth-order valence-electron chi connectivity index (χ4n) is 1.08. The molecule has 1 heterocycles. The van der Waals surface area contributed by atoms with E-state index in [1.807, 2.05) is 6.92 Å². The van der Waals surface area contributed by atoms with Crippen LogP contribution in [-0.4, -0.2) is 30.9 Å². The molecule has 1 aromatic rings. The van der Waals surface area contributed by atoms with Crippen LogP contribution in [0.5, 0.6) is 0 Å². The number of furan rings is 1. The zero-order chi connectivity index (χ0) is 11.1. The highest BCUT2D eigenvalue weighted by atomic mass is 16.5. The standard InChI is InChI=1S/C10H14O5/c1-2-13-5-6-14-7-8-3-4-15-9(8)10(11)12/h3-4H,2,5-7H2,1H3,(H,11,12). The van der Waals surface area contributed by atoms with Crippen molar-refractivity contribution in [2.75, 3.05) is 19.8 Å². The van der Waals surface area contributed by atoms with E-state index >= 15 is 0 Å². The van der Waals surface area contributed by atoms with Gasteiger partial charge in [0, 0.05) is 12.2 Å². The summed E-state index contributed by atoms with van der Waals surface area (Å²) >= 11 is 0. The Hall–Kier alpha value is -1.33. The molecule has 0 aliphatic heterocycles. The smallest absolute Gasteiger partial charge is 0.372 e. The Bertz CT molecular complexity index is 305. The first-order valence-corrected chi connectivity index (χ1v) is 4.70. The normalized spacial score (nSPS) is 10.5. The molecule has 1 aromatic heterocycles. The van der Waals surface area contributed by atoms with Crippen molar-refractivity contribution in [3.05, 3.63) is 23.7 Å². The zero-order valence-electron chi connectivity index (χ0n) is 8.56. The van der Waals surface area contributed by atoms with Crippen LogP contribution < -0.4 is 0 Å². The lowest BCUT2D eigenvalue weighted by atomic mass is 10.2. The maximum Gasteiger partial charge on any atom is 0.372 e. The molecule has 0 radical (unpaired) electrons. The number of carboxylic acids is 1. The van der Waals surface area contributed by atoms with Gasteiger partial charge in [-0.1, -0.05) is 0 Å². The molecule has 0 spiro atoms. The molecule has 84 valence electrons. The summed E-state index contributed by atoms with van der Waals surface area (Å²) in [5, 5.41) is 8.72. The molecule has 5 nitrogen and oxygen atoms in total. The first-order valence-electron chi connectivity index (χ1n) is 4.70. The maximum atomic E-state index is 10.6. The number of hydrogen-bond donors (Lipinski definition) is 1. The number of carboxylic acid groups (broad SMARTS) is 1. The fraction of sp³-hybridized carbons (Fsp3) is 0.500. The third kappa shape index (κ3) is 3.73. The first-order chi connectivity index (χ1) is 7.25. The summed E-state index contributed by atoms with van der Waals surface area (Å²) in [5.74, 6) is -1.14. The molecule has 0 saturated carbocycles. The van der Waals surface area contributed by atoms with Gasteiger partial charge in [0.25, 0.3) is 0 Å². The van der Waals surface area contributed by atoms with Crippen molar-refractivity contribution < 1.29 is 23.8 Å². The molecule has 0 aliphatic rings. The minimum Gasteiger partial charge on any atom is -0.475 e. The van der Waals surface area contributed by atoms with Crippen LogP contribution in [0.4, 0.5) is 0 Å². The number of ether oxygens (including phenoxy) is 2. The second-order valence-electron chi connectivity index (χ2n) is 2.83. The van der Waals surface area contributed by atoms with E-state index in [0.29, 0.717) is 25.4 Å². The molecule has 1 N–H and O–H groups in total. The lowest BCUT2D eigenvalue weighted by Crippen LogP contribution is -2.06. The number of carbonyl (C=O) groups is 1. The summed E-state index contributed by atoms with van der Waals surface area (Å²) in [6.07, 6.45) is 1.34. The van der Waals surface area contributed by atoms with Crippen molar-refractivity contribution in [2.24, 2.45) is 0 Å². The Labute approximate surface area is 87.6 Å². The number of aromatic carboxylic acids is 1. The molecule has 5 heteroatoms. The van der Waals surface area contributed by atoms with E-state index in [0.717, 1.165) is 0 Å². The van der Waals surface area contributed by atoms with Gasteiger partial charge < -0.3 is 19.0 Å². The molecular weight excluding hydrogens is 200 g/mol. The van der Waals surface area contributed by atoms with Crippen molar-refractivity contribution in [2.45, 2.75) is 13.5 Å². The summed E-state index contributed by atoms with van der Waals surface area (Å²) in [6, 6.07) is 1.59. The number of rotatable bonds is 7. The van der Waals surface area contributed by atoms with Gasteiger partial charge >= 0.3 is 5.97 Å². The molecule has 0 unspecified atom stereocenters. The number of hydrogen-bond acceptors (Lipinski definition) is 4. The second-order valence-corrected chi connectivity index (χ2v) is 2.83. The van der Waals surface area contributed by atoms with Gasteiger partial charge in [-0.15, -0.1) is 0 Å². The van der Waals surface area contributed by atoms with Gasteiger partial charge in [-0.25, -0.2) is 4.79 Å². The van der Waals surface area contributed by atoms with Gasteiger partial charge in [-0.3, -0.25) is 0 Å². The van der Waals surface area contributed by atoms with Crippen LogP contribution in [0.2, 0.25) is 0 Å². The molecule has 1 rings (SSSR count). The highest BCUT2D eigenvalue weighted by Gasteiger charge is 2.13. The summed E-state index contributed by atoms with van der Waals surface area (Å²) in [6.45, 7) is 3.73. The first kappa shape index (κ1) is 11.7. The summed E-state index contributed by atoms with van der Waals surface area (Å²) in [7, 11) is 0. The van der Waals surface area contributed by atoms with Crippen LogP contribution in [0.1, 0.15) is 23.0 Å². The molecule has 0 aromatic carbocycles. The molecular formula is C10H14O5. The SMILES string of the molecule is CCOCCOCc1ccoc1C(=O)O. The lowest BCUT2D eigenvalue weighted by Gasteiger charge is -2.03. The predicted molar refractivity (Wildman–Crippen MR) is 51.8 cm³/mol. The van der Waals surface area contributed by atoms with Gasteiger partial charge in [0.2, 0.25) is 5.76 Å². The second kappa shape index (κ2) is 6.21. The van der Waals surface area contributed by atoms with E-state index in [4.69, 9.17) is 19.0 Å². The van der Waals surface area contributed by atoms with Crippen molar-refractivity contribution in [3.63, 3.8) is 0 Å². The maximum absolute atomic E-state index is 10.6. The monoisotopic (exact) mass is 214 g/mol. The van der Waals surface area contributed by atoms with Gasteiger partial charge in [0.1, 0.15) is 0 Å². The summed E-state index contributed by atoms with van der Waals surface area (Å²) in [4.78, 5) is 10.6. The third-order valence-electron chi connectivity index (χ3n) is 1.77. The van der Waals surface area contributed by atoms with Crippen LogP contribution in [0.25, 0.3) is 0 Å². The fourth-order valence-corrected chi connectivity index (χ4v) is 1.08. The van der Waals surface area contributed by atoms with Crippen LogP contribution in [-0.2, 0) is 16.1 Å². The van der Waals surface area contributed by atoms with Gasteiger partial charge in [0.15, 0.2) is 0 Å². The average Bonchev–Trinajstić information content (AvgIpc) is 2.66. The van der Waals surface area contributed by atoms with Crippen LogP contribution >= 0.6 is 0 Å². The van der Waals surface area contributed by atoms with Crippen LogP contribution in [0.3, 0.4) is 0 Å². The minimum absolute atomic E-state index is 0.0635. The van der Waals surface area contributed by atoms with Crippen molar-refractivity contribution in [1.29, 1.82) is 0 Å². The van der Waals surface area contributed by atoms with Gasteiger partial charge in [-0.2, -0.15) is 0 Å². The predicted octanol–water partition coefficient (Wildman–Crippen LogP) is 1.53. The summed E-state index contributed by atoms with van der Waals surface area (Å²) in [5.41, 5.74) is 0.541. The van der Waals surface area contributed by atoms with E-state index in [1.54, 1.807) is 6.07 Å². The molecule has 15 heavy (non-hydrogen) atoms. The Balaban J connectivity index is 2.31. The average molecular weight is 214 g/mol. The molecule has 0 fully saturated rings. The van der Waals surface area contributed by atoms with E-state index in [1.165, 1.54) is 6.26 Å². The quantitative estimate of drug-likeness (QED) is 0.697. The third-order valence-corrected chi connectivity index (χ3v) is 1.77. The lowest BCUT2D eigenvalue weighted by molar-refractivity contribution is 0.0437. The van der Waals surface area contributed by atoms with Crippen molar-refractivity contribution in [3.8, 4) is 0 Å². The van der Waals surface area contributed by atoms with Crippen molar-refractivity contribution >= 4 is 5.97 Å².